The summed E-state index contributed by atoms with van der Waals surface area (Å²) in [6.07, 6.45) is 1.41. The maximum absolute atomic E-state index is 12.8. The van der Waals surface area contributed by atoms with E-state index in [2.05, 4.69) is 21.2 Å². The Balaban J connectivity index is 2.33. The van der Waals surface area contributed by atoms with E-state index in [1.54, 1.807) is 55.5 Å². The Kier molecular flexibility index (Phi) is 6.66. The Morgan fingerprint density at radius 1 is 1.15 bits per heavy atom. The lowest BCUT2D eigenvalue weighted by atomic mass is 10.1. The molecule has 2 rings (SSSR count). The number of carbonyl (C=O) groups excluding carboxylic acids is 1. The monoisotopic (exact) mass is 440 g/mol. The lowest BCUT2D eigenvalue weighted by molar-refractivity contribution is -0.117. The highest BCUT2D eigenvalue weighted by Gasteiger charge is 2.31. The summed E-state index contributed by atoms with van der Waals surface area (Å²) < 4.78 is 31.9. The summed E-state index contributed by atoms with van der Waals surface area (Å²) in [5.74, 6) is 0.214. The van der Waals surface area contributed by atoms with Crippen LogP contribution in [0.25, 0.3) is 0 Å². The largest absolute Gasteiger partial charge is 0.497 e. The van der Waals surface area contributed by atoms with Gasteiger partial charge in [-0.25, -0.2) is 8.42 Å². The van der Waals surface area contributed by atoms with Gasteiger partial charge in [0, 0.05) is 10.2 Å². The number of benzene rings is 2. The normalized spacial score (nSPS) is 12.3. The predicted molar refractivity (Wildman–Crippen MR) is 107 cm³/mol. The smallest absolute Gasteiger partial charge is 0.248 e. The van der Waals surface area contributed by atoms with Crippen molar-refractivity contribution in [1.82, 2.24) is 0 Å². The van der Waals surface area contributed by atoms with Crippen LogP contribution in [0.15, 0.2) is 53.0 Å². The predicted octanol–water partition coefficient (Wildman–Crippen LogP) is 3.64. The van der Waals surface area contributed by atoms with Gasteiger partial charge in [-0.3, -0.25) is 9.10 Å². The van der Waals surface area contributed by atoms with Gasteiger partial charge in [-0.1, -0.05) is 22.9 Å². The second-order valence-electron chi connectivity index (χ2n) is 5.68. The number of anilines is 2. The summed E-state index contributed by atoms with van der Waals surface area (Å²) in [4.78, 5) is 12.8. The number of nitrogens with one attached hydrogen (secondary N) is 1. The molecule has 1 atom stereocenters. The average Bonchev–Trinajstić information content (AvgIpc) is 2.60. The first-order chi connectivity index (χ1) is 12.3. The number of ether oxygens (including phenoxy) is 1. The Bertz CT molecular complexity index is 852. The van der Waals surface area contributed by atoms with Crippen molar-refractivity contribution in [1.29, 1.82) is 0 Å². The van der Waals surface area contributed by atoms with Crippen molar-refractivity contribution >= 4 is 43.2 Å². The molecular formula is C18H21BrN2O4S. The highest BCUT2D eigenvalue weighted by atomic mass is 79.9. The van der Waals surface area contributed by atoms with Gasteiger partial charge in [0.2, 0.25) is 15.9 Å². The SMILES string of the molecule is CCC(C(=O)Nc1ccc(Br)cc1)N(c1ccc(OC)cc1)S(C)(=O)=O. The summed E-state index contributed by atoms with van der Waals surface area (Å²) in [7, 11) is -2.14. The van der Waals surface area contributed by atoms with E-state index in [-0.39, 0.29) is 0 Å². The molecule has 0 fully saturated rings. The van der Waals surface area contributed by atoms with Crippen molar-refractivity contribution in [2.75, 3.05) is 23.0 Å². The van der Waals surface area contributed by atoms with E-state index in [0.29, 0.717) is 23.5 Å². The molecule has 140 valence electrons. The van der Waals surface area contributed by atoms with Crippen molar-refractivity contribution in [3.05, 3.63) is 53.0 Å². The van der Waals surface area contributed by atoms with E-state index < -0.39 is 22.0 Å². The quantitative estimate of drug-likeness (QED) is 0.712. The van der Waals surface area contributed by atoms with Crippen LogP contribution in [-0.2, 0) is 14.8 Å². The Morgan fingerprint density at radius 2 is 1.73 bits per heavy atom. The van der Waals surface area contributed by atoms with E-state index in [9.17, 15) is 13.2 Å². The summed E-state index contributed by atoms with van der Waals surface area (Å²) >= 11 is 3.34. The van der Waals surface area contributed by atoms with Gasteiger partial charge in [0.05, 0.1) is 19.1 Å². The third-order valence-electron chi connectivity index (χ3n) is 3.77. The van der Waals surface area contributed by atoms with Crippen molar-refractivity contribution in [3.63, 3.8) is 0 Å². The molecule has 0 saturated heterocycles. The Hall–Kier alpha value is -2.06. The molecule has 6 nitrogen and oxygen atoms in total. The lowest BCUT2D eigenvalue weighted by Gasteiger charge is -2.30. The molecule has 0 aliphatic carbocycles. The molecule has 0 aliphatic rings. The van der Waals surface area contributed by atoms with Crippen molar-refractivity contribution < 1.29 is 17.9 Å². The molecule has 0 aliphatic heterocycles. The zero-order chi connectivity index (χ0) is 19.3. The zero-order valence-corrected chi connectivity index (χ0v) is 17.2. The van der Waals surface area contributed by atoms with Crippen molar-refractivity contribution in [3.8, 4) is 5.75 Å². The minimum atomic E-state index is -3.67. The van der Waals surface area contributed by atoms with Gasteiger partial charge in [0.1, 0.15) is 11.8 Å². The maximum Gasteiger partial charge on any atom is 0.248 e. The summed E-state index contributed by atoms with van der Waals surface area (Å²) in [5, 5.41) is 2.77. The molecule has 0 radical (unpaired) electrons. The number of methoxy groups -OCH3 is 1. The summed E-state index contributed by atoms with van der Waals surface area (Å²) in [6.45, 7) is 1.77. The molecule has 0 spiro atoms. The van der Waals surface area contributed by atoms with Crippen LogP contribution in [0.2, 0.25) is 0 Å². The average molecular weight is 441 g/mol. The minimum absolute atomic E-state index is 0.321. The van der Waals surface area contributed by atoms with Crippen LogP contribution in [-0.4, -0.2) is 33.7 Å². The maximum atomic E-state index is 12.8. The van der Waals surface area contributed by atoms with Gasteiger partial charge in [0.25, 0.3) is 0 Å². The molecule has 1 unspecified atom stereocenters. The van der Waals surface area contributed by atoms with Crippen LogP contribution >= 0.6 is 15.9 Å². The summed E-state index contributed by atoms with van der Waals surface area (Å²) in [5.41, 5.74) is 1.01. The molecule has 2 aromatic rings. The highest BCUT2D eigenvalue weighted by Crippen LogP contribution is 2.26. The second-order valence-corrected chi connectivity index (χ2v) is 8.45. The van der Waals surface area contributed by atoms with E-state index in [1.807, 2.05) is 0 Å². The third-order valence-corrected chi connectivity index (χ3v) is 5.48. The van der Waals surface area contributed by atoms with Crippen molar-refractivity contribution in [2.45, 2.75) is 19.4 Å². The fraction of sp³-hybridized carbons (Fsp3) is 0.278. The van der Waals surface area contributed by atoms with Crippen LogP contribution in [0.4, 0.5) is 11.4 Å². The molecule has 2 aromatic carbocycles. The lowest BCUT2D eigenvalue weighted by Crippen LogP contribution is -2.46. The number of halogens is 1. The van der Waals surface area contributed by atoms with Crippen LogP contribution in [0.3, 0.4) is 0 Å². The van der Waals surface area contributed by atoms with E-state index in [4.69, 9.17) is 4.74 Å². The molecule has 26 heavy (non-hydrogen) atoms. The first-order valence-electron chi connectivity index (χ1n) is 7.96. The van der Waals surface area contributed by atoms with Gasteiger partial charge < -0.3 is 10.1 Å². The fourth-order valence-electron chi connectivity index (χ4n) is 2.55. The van der Waals surface area contributed by atoms with E-state index in [0.717, 1.165) is 15.0 Å². The number of nitrogens with zero attached hydrogens (tertiary/aromatic N) is 1. The number of rotatable bonds is 7. The van der Waals surface area contributed by atoms with Gasteiger partial charge in [-0.2, -0.15) is 0 Å². The fourth-order valence-corrected chi connectivity index (χ4v) is 4.02. The molecule has 0 aromatic heterocycles. The molecule has 0 bridgehead atoms. The molecule has 1 amide bonds. The van der Waals surface area contributed by atoms with E-state index in [1.165, 1.54) is 7.11 Å². The molecule has 0 heterocycles. The Morgan fingerprint density at radius 3 is 2.19 bits per heavy atom. The second kappa shape index (κ2) is 8.55. The number of carbonyl (C=O) groups is 1. The standard InChI is InChI=1S/C18H21BrN2O4S/c1-4-17(18(22)20-14-7-5-13(19)6-8-14)21(26(3,23)24)15-9-11-16(25-2)12-10-15/h5-12,17H,4H2,1-3H3,(H,20,22). The topological polar surface area (TPSA) is 75.7 Å². The van der Waals surface area contributed by atoms with Gasteiger partial charge in [-0.05, 0) is 55.0 Å². The molecule has 0 saturated carbocycles. The number of sulfonamides is 1. The highest BCUT2D eigenvalue weighted by molar-refractivity contribution is 9.10. The molecular weight excluding hydrogens is 420 g/mol. The van der Waals surface area contributed by atoms with Crippen LogP contribution in [0.1, 0.15) is 13.3 Å². The summed E-state index contributed by atoms with van der Waals surface area (Å²) in [6, 6.07) is 12.8. The number of amides is 1. The Labute approximate surface area is 162 Å². The number of hydrogen-bond donors (Lipinski definition) is 1. The van der Waals surface area contributed by atoms with Crippen LogP contribution < -0.4 is 14.4 Å². The molecule has 1 N–H and O–H groups in total. The minimum Gasteiger partial charge on any atom is -0.497 e. The first kappa shape index (κ1) is 20.3. The number of hydrogen-bond acceptors (Lipinski definition) is 4. The van der Waals surface area contributed by atoms with Gasteiger partial charge in [0.15, 0.2) is 0 Å². The zero-order valence-electron chi connectivity index (χ0n) is 14.8. The van der Waals surface area contributed by atoms with Crippen molar-refractivity contribution in [2.24, 2.45) is 0 Å². The van der Waals surface area contributed by atoms with Crippen LogP contribution in [0, 0.1) is 0 Å². The van der Waals surface area contributed by atoms with E-state index >= 15 is 0 Å². The molecule has 8 heteroatoms. The third kappa shape index (κ3) is 4.98. The first-order valence-corrected chi connectivity index (χ1v) is 10.6. The van der Waals surface area contributed by atoms with Crippen LogP contribution in [0.5, 0.6) is 5.75 Å². The van der Waals surface area contributed by atoms with Gasteiger partial charge in [-0.15, -0.1) is 0 Å². The van der Waals surface area contributed by atoms with Gasteiger partial charge >= 0.3 is 0 Å².